The first-order valence-electron chi connectivity index (χ1n) is 6.85. The van der Waals surface area contributed by atoms with Crippen molar-refractivity contribution in [1.29, 1.82) is 0 Å². The molecule has 0 saturated heterocycles. The Kier molecular flexibility index (Phi) is 4.19. The molecule has 0 aliphatic rings. The molecule has 3 aromatic rings. The lowest BCUT2D eigenvalue weighted by atomic mass is 10.1. The van der Waals surface area contributed by atoms with E-state index in [1.54, 1.807) is 30.3 Å². The molecule has 1 N–H and O–H groups in total. The fourth-order valence-corrected chi connectivity index (χ4v) is 2.02. The van der Waals surface area contributed by atoms with Crippen LogP contribution in [-0.2, 0) is 0 Å². The van der Waals surface area contributed by atoms with E-state index in [0.29, 0.717) is 11.3 Å². The van der Waals surface area contributed by atoms with Gasteiger partial charge in [0.15, 0.2) is 5.76 Å². The van der Waals surface area contributed by atoms with E-state index in [9.17, 15) is 14.9 Å². The maximum Gasteiger partial charge on any atom is 0.307 e. The molecule has 0 fully saturated rings. The molecule has 0 spiro atoms. The molecule has 8 nitrogen and oxygen atoms in total. The van der Waals surface area contributed by atoms with Crippen molar-refractivity contribution in [2.24, 2.45) is 5.10 Å². The summed E-state index contributed by atoms with van der Waals surface area (Å²) in [6, 6.07) is 12.4. The van der Waals surface area contributed by atoms with E-state index in [4.69, 9.17) is 8.83 Å². The van der Waals surface area contributed by atoms with Crippen molar-refractivity contribution in [2.45, 2.75) is 0 Å². The van der Waals surface area contributed by atoms with Crippen molar-refractivity contribution >= 4 is 17.8 Å². The Labute approximate surface area is 135 Å². The van der Waals surface area contributed by atoms with Gasteiger partial charge in [0.05, 0.1) is 23.0 Å². The number of furan rings is 2. The topological polar surface area (TPSA) is 111 Å². The van der Waals surface area contributed by atoms with Gasteiger partial charge in [-0.05, 0) is 30.3 Å². The Balaban J connectivity index is 1.76. The van der Waals surface area contributed by atoms with Crippen LogP contribution in [0.15, 0.2) is 68.7 Å². The summed E-state index contributed by atoms with van der Waals surface area (Å²) in [4.78, 5) is 22.5. The number of nitrogens with one attached hydrogen (secondary N) is 1. The number of carbonyl (C=O) groups excluding carboxylic acids is 1. The molecule has 0 bridgehead atoms. The van der Waals surface area contributed by atoms with Crippen molar-refractivity contribution < 1.29 is 18.6 Å². The summed E-state index contributed by atoms with van der Waals surface area (Å²) in [5.74, 6) is 0.111. The minimum absolute atomic E-state index is 0.0141. The Bertz CT molecular complexity index is 896. The van der Waals surface area contributed by atoms with Gasteiger partial charge in [-0.15, -0.1) is 0 Å². The first kappa shape index (κ1) is 15.2. The SMILES string of the molecule is O=C(N/N=C/c1ccco1)c1ccc(-c2ccccc2[N+](=O)[O-])o1. The van der Waals surface area contributed by atoms with Crippen molar-refractivity contribution in [2.75, 3.05) is 0 Å². The predicted molar refractivity (Wildman–Crippen MR) is 84.6 cm³/mol. The van der Waals surface area contributed by atoms with Gasteiger partial charge in [0.25, 0.3) is 5.69 Å². The summed E-state index contributed by atoms with van der Waals surface area (Å²) in [5, 5.41) is 14.8. The quantitative estimate of drug-likeness (QED) is 0.440. The smallest absolute Gasteiger partial charge is 0.307 e. The van der Waals surface area contributed by atoms with E-state index >= 15 is 0 Å². The van der Waals surface area contributed by atoms with Gasteiger partial charge in [0, 0.05) is 6.07 Å². The predicted octanol–water partition coefficient (Wildman–Crippen LogP) is 3.21. The van der Waals surface area contributed by atoms with Gasteiger partial charge in [-0.25, -0.2) is 5.43 Å². The molecule has 1 aromatic carbocycles. The summed E-state index contributed by atoms with van der Waals surface area (Å²) >= 11 is 0. The molecule has 1 amide bonds. The Morgan fingerprint density at radius 2 is 2.00 bits per heavy atom. The highest BCUT2D eigenvalue weighted by molar-refractivity contribution is 5.92. The highest BCUT2D eigenvalue weighted by atomic mass is 16.6. The van der Waals surface area contributed by atoms with Crippen molar-refractivity contribution in [3.05, 3.63) is 76.4 Å². The number of hydrazone groups is 1. The number of benzene rings is 1. The number of hydrogen-bond donors (Lipinski definition) is 1. The van der Waals surface area contributed by atoms with Crippen LogP contribution < -0.4 is 5.43 Å². The van der Waals surface area contributed by atoms with E-state index in [1.165, 1.54) is 30.7 Å². The average Bonchev–Trinajstić information content (AvgIpc) is 3.26. The Morgan fingerprint density at radius 1 is 1.17 bits per heavy atom. The third-order valence-corrected chi connectivity index (χ3v) is 3.10. The van der Waals surface area contributed by atoms with Crippen molar-refractivity contribution in [3.8, 4) is 11.3 Å². The molecule has 2 heterocycles. The van der Waals surface area contributed by atoms with Crippen LogP contribution in [0.2, 0.25) is 0 Å². The zero-order valence-electron chi connectivity index (χ0n) is 12.2. The summed E-state index contributed by atoms with van der Waals surface area (Å²) in [6.07, 6.45) is 2.82. The first-order valence-corrected chi connectivity index (χ1v) is 6.85. The molecule has 24 heavy (non-hydrogen) atoms. The number of nitrogens with zero attached hydrogens (tertiary/aromatic N) is 2. The highest BCUT2D eigenvalue weighted by Gasteiger charge is 2.19. The molecular formula is C16H11N3O5. The lowest BCUT2D eigenvalue weighted by Gasteiger charge is -1.99. The minimum atomic E-state index is -0.581. The van der Waals surface area contributed by atoms with Crippen LogP contribution in [0.25, 0.3) is 11.3 Å². The van der Waals surface area contributed by atoms with Crippen LogP contribution >= 0.6 is 0 Å². The number of amides is 1. The highest BCUT2D eigenvalue weighted by Crippen LogP contribution is 2.30. The standard InChI is InChI=1S/C16H11N3O5/c20-16(18-17-10-11-4-3-9-23-11)15-8-7-14(24-15)12-5-1-2-6-13(12)19(21)22/h1-10H,(H,18,20)/b17-10+. The van der Waals surface area contributed by atoms with Crippen molar-refractivity contribution in [1.82, 2.24) is 5.43 Å². The van der Waals surface area contributed by atoms with Gasteiger partial charge >= 0.3 is 5.91 Å². The van der Waals surface area contributed by atoms with E-state index in [1.807, 2.05) is 0 Å². The van der Waals surface area contributed by atoms with Crippen molar-refractivity contribution in [3.63, 3.8) is 0 Å². The largest absolute Gasteiger partial charge is 0.463 e. The molecule has 120 valence electrons. The number of nitro benzene ring substituents is 1. The lowest BCUT2D eigenvalue weighted by Crippen LogP contribution is -2.16. The summed E-state index contributed by atoms with van der Waals surface area (Å²) in [5.41, 5.74) is 2.47. The number of hydrogen-bond acceptors (Lipinski definition) is 6. The zero-order valence-corrected chi connectivity index (χ0v) is 12.2. The molecule has 0 radical (unpaired) electrons. The molecule has 0 saturated carbocycles. The van der Waals surface area contributed by atoms with Gasteiger partial charge in [-0.1, -0.05) is 12.1 Å². The van der Waals surface area contributed by atoms with Crippen LogP contribution in [-0.4, -0.2) is 17.0 Å². The number of para-hydroxylation sites is 1. The number of rotatable bonds is 5. The molecule has 0 aliphatic heterocycles. The molecular weight excluding hydrogens is 314 g/mol. The summed E-state index contributed by atoms with van der Waals surface area (Å²) < 4.78 is 10.4. The molecule has 0 unspecified atom stereocenters. The fourth-order valence-electron chi connectivity index (χ4n) is 2.02. The van der Waals surface area contributed by atoms with Gasteiger partial charge < -0.3 is 8.83 Å². The third-order valence-electron chi connectivity index (χ3n) is 3.10. The van der Waals surface area contributed by atoms with E-state index in [-0.39, 0.29) is 17.2 Å². The Morgan fingerprint density at radius 3 is 2.75 bits per heavy atom. The summed E-state index contributed by atoms with van der Waals surface area (Å²) in [7, 11) is 0. The average molecular weight is 325 g/mol. The van der Waals surface area contributed by atoms with E-state index in [2.05, 4.69) is 10.5 Å². The van der Waals surface area contributed by atoms with E-state index in [0.717, 1.165) is 0 Å². The van der Waals surface area contributed by atoms with Gasteiger partial charge in [-0.2, -0.15) is 5.10 Å². The second-order valence-corrected chi connectivity index (χ2v) is 4.65. The van der Waals surface area contributed by atoms with Crippen LogP contribution in [0.5, 0.6) is 0 Å². The Hall–Kier alpha value is -3.68. The molecule has 0 atom stereocenters. The molecule has 8 heteroatoms. The van der Waals surface area contributed by atoms with Gasteiger partial charge in [-0.3, -0.25) is 14.9 Å². The summed E-state index contributed by atoms with van der Waals surface area (Å²) in [6.45, 7) is 0. The van der Waals surface area contributed by atoms with Gasteiger partial charge in [0.1, 0.15) is 11.5 Å². The van der Waals surface area contributed by atoms with Crippen LogP contribution in [0.4, 0.5) is 5.69 Å². The number of nitro groups is 1. The second-order valence-electron chi connectivity index (χ2n) is 4.65. The molecule has 2 aromatic heterocycles. The van der Waals surface area contributed by atoms with Gasteiger partial charge in [0.2, 0.25) is 0 Å². The molecule has 0 aliphatic carbocycles. The second kappa shape index (κ2) is 6.61. The zero-order chi connectivity index (χ0) is 16.9. The molecule has 3 rings (SSSR count). The lowest BCUT2D eigenvalue weighted by molar-refractivity contribution is -0.384. The third kappa shape index (κ3) is 3.22. The van der Waals surface area contributed by atoms with Crippen LogP contribution in [0, 0.1) is 10.1 Å². The maximum absolute atomic E-state index is 12.0. The first-order chi connectivity index (χ1) is 11.6. The minimum Gasteiger partial charge on any atom is -0.463 e. The van der Waals surface area contributed by atoms with Crippen LogP contribution in [0.1, 0.15) is 16.3 Å². The number of carbonyl (C=O) groups is 1. The normalized spacial score (nSPS) is 10.8. The maximum atomic E-state index is 12.0. The van der Waals surface area contributed by atoms with Crippen LogP contribution in [0.3, 0.4) is 0 Å². The fraction of sp³-hybridized carbons (Fsp3) is 0. The monoisotopic (exact) mass is 325 g/mol. The van der Waals surface area contributed by atoms with E-state index < -0.39 is 10.8 Å².